The monoisotopic (exact) mass is 290 g/mol. The Bertz CT molecular complexity index is 457. The van der Waals surface area contributed by atoms with Gasteiger partial charge in [-0.1, -0.05) is 19.8 Å². The van der Waals surface area contributed by atoms with E-state index in [0.717, 1.165) is 37.2 Å². The number of amides is 1. The number of primary amides is 1. The molecule has 3 N–H and O–H groups in total. The van der Waals surface area contributed by atoms with Crippen LogP contribution >= 0.6 is 0 Å². The van der Waals surface area contributed by atoms with Crippen molar-refractivity contribution < 1.29 is 4.79 Å². The summed E-state index contributed by atoms with van der Waals surface area (Å²) >= 11 is 0. The van der Waals surface area contributed by atoms with Crippen molar-refractivity contribution in [3.63, 3.8) is 0 Å². The molecule has 5 heteroatoms. The van der Waals surface area contributed by atoms with E-state index < -0.39 is 0 Å². The molecule has 0 bridgehead atoms. The highest BCUT2D eigenvalue weighted by atomic mass is 16.1. The first-order valence-corrected chi connectivity index (χ1v) is 7.90. The van der Waals surface area contributed by atoms with Gasteiger partial charge in [0.25, 0.3) is 0 Å². The Morgan fingerprint density at radius 2 is 2.24 bits per heavy atom. The van der Waals surface area contributed by atoms with Crippen molar-refractivity contribution >= 4 is 11.6 Å². The average molecular weight is 290 g/mol. The van der Waals surface area contributed by atoms with Gasteiger partial charge in [0.2, 0.25) is 5.91 Å². The van der Waals surface area contributed by atoms with Gasteiger partial charge in [0.1, 0.15) is 0 Å². The van der Waals surface area contributed by atoms with Crippen molar-refractivity contribution in [3.05, 3.63) is 24.0 Å². The summed E-state index contributed by atoms with van der Waals surface area (Å²) in [6.07, 6.45) is 7.71. The summed E-state index contributed by atoms with van der Waals surface area (Å²) in [7, 11) is 0. The first kappa shape index (κ1) is 15.8. The van der Waals surface area contributed by atoms with Crippen LogP contribution in [0.1, 0.15) is 44.7 Å². The highest BCUT2D eigenvalue weighted by Crippen LogP contribution is 2.24. The fourth-order valence-electron chi connectivity index (χ4n) is 2.94. The maximum absolute atomic E-state index is 11.3. The maximum Gasteiger partial charge on any atom is 0.231 e. The number of nitrogens with zero attached hydrogens (tertiary/aromatic N) is 2. The lowest BCUT2D eigenvalue weighted by molar-refractivity contribution is -0.119. The number of hydrogen-bond acceptors (Lipinski definition) is 4. The smallest absolute Gasteiger partial charge is 0.231 e. The zero-order valence-electron chi connectivity index (χ0n) is 12.8. The van der Waals surface area contributed by atoms with Gasteiger partial charge in [-0.2, -0.15) is 0 Å². The fourth-order valence-corrected chi connectivity index (χ4v) is 2.94. The summed E-state index contributed by atoms with van der Waals surface area (Å²) in [5.41, 5.74) is 7.48. The number of aromatic nitrogens is 1. The molecule has 0 aliphatic heterocycles. The predicted molar refractivity (Wildman–Crippen MR) is 84.9 cm³/mol. The molecule has 0 atom stereocenters. The molecule has 1 fully saturated rings. The Kier molecular flexibility index (Phi) is 5.99. The van der Waals surface area contributed by atoms with Gasteiger partial charge in [0, 0.05) is 31.0 Å². The molecular formula is C16H26N4O. The van der Waals surface area contributed by atoms with Crippen molar-refractivity contribution in [2.45, 2.75) is 51.6 Å². The van der Waals surface area contributed by atoms with Crippen LogP contribution in [0.2, 0.25) is 0 Å². The molecule has 5 nitrogen and oxygen atoms in total. The van der Waals surface area contributed by atoms with Crippen molar-refractivity contribution in [1.82, 2.24) is 9.88 Å². The molecule has 1 heterocycles. The van der Waals surface area contributed by atoms with Crippen molar-refractivity contribution in [2.24, 2.45) is 5.73 Å². The number of rotatable bonds is 8. The Labute approximate surface area is 126 Å². The Balaban J connectivity index is 2.02. The van der Waals surface area contributed by atoms with Gasteiger partial charge in [0.05, 0.1) is 12.2 Å². The summed E-state index contributed by atoms with van der Waals surface area (Å²) in [6, 6.07) is 4.51. The van der Waals surface area contributed by atoms with Gasteiger partial charge in [-0.3, -0.25) is 14.7 Å². The average Bonchev–Trinajstić information content (AvgIpc) is 2.98. The van der Waals surface area contributed by atoms with Gasteiger partial charge in [-0.15, -0.1) is 0 Å². The van der Waals surface area contributed by atoms with Crippen LogP contribution in [0.5, 0.6) is 0 Å². The lowest BCUT2D eigenvalue weighted by Crippen LogP contribution is -2.39. The van der Waals surface area contributed by atoms with E-state index in [9.17, 15) is 4.79 Å². The van der Waals surface area contributed by atoms with E-state index in [0.29, 0.717) is 19.1 Å². The number of hydrogen-bond donors (Lipinski definition) is 2. The summed E-state index contributed by atoms with van der Waals surface area (Å²) in [5, 5.41) is 3.37. The molecule has 2 rings (SSSR count). The maximum atomic E-state index is 11.3. The predicted octanol–water partition coefficient (Wildman–Crippen LogP) is 2.13. The van der Waals surface area contributed by atoms with E-state index in [4.69, 9.17) is 5.73 Å². The van der Waals surface area contributed by atoms with Crippen LogP contribution in [0.3, 0.4) is 0 Å². The van der Waals surface area contributed by atoms with E-state index in [1.165, 1.54) is 12.8 Å². The van der Waals surface area contributed by atoms with Gasteiger partial charge in [-0.25, -0.2) is 0 Å². The number of pyridine rings is 1. The van der Waals surface area contributed by atoms with Crippen LogP contribution in [0.25, 0.3) is 0 Å². The van der Waals surface area contributed by atoms with E-state index >= 15 is 0 Å². The molecule has 1 aromatic heterocycles. The minimum absolute atomic E-state index is 0.262. The molecule has 1 aliphatic carbocycles. The molecule has 0 unspecified atom stereocenters. The number of carbonyl (C=O) groups is 1. The number of anilines is 1. The van der Waals surface area contributed by atoms with Gasteiger partial charge in [-0.05, 0) is 31.4 Å². The summed E-state index contributed by atoms with van der Waals surface area (Å²) in [4.78, 5) is 17.9. The summed E-state index contributed by atoms with van der Waals surface area (Å²) in [6.45, 7) is 4.11. The molecule has 0 saturated heterocycles. The molecule has 21 heavy (non-hydrogen) atoms. The van der Waals surface area contributed by atoms with Crippen molar-refractivity contribution in [2.75, 3.05) is 18.4 Å². The van der Waals surface area contributed by atoms with Crippen LogP contribution in [-0.4, -0.2) is 34.9 Å². The second-order valence-electron chi connectivity index (χ2n) is 5.77. The Morgan fingerprint density at radius 1 is 1.48 bits per heavy atom. The summed E-state index contributed by atoms with van der Waals surface area (Å²) in [5.74, 6) is -0.262. The topological polar surface area (TPSA) is 71.2 Å². The van der Waals surface area contributed by atoms with Crippen molar-refractivity contribution in [3.8, 4) is 0 Å². The Morgan fingerprint density at radius 3 is 2.90 bits per heavy atom. The molecule has 116 valence electrons. The molecule has 1 amide bonds. The summed E-state index contributed by atoms with van der Waals surface area (Å²) < 4.78 is 0. The lowest BCUT2D eigenvalue weighted by atomic mass is 10.2. The second kappa shape index (κ2) is 7.98. The Hall–Kier alpha value is -1.62. The molecule has 1 aliphatic rings. The third-order valence-corrected chi connectivity index (χ3v) is 3.96. The van der Waals surface area contributed by atoms with Crippen LogP contribution in [0.15, 0.2) is 18.3 Å². The highest BCUT2D eigenvalue weighted by Gasteiger charge is 2.24. The molecule has 1 saturated carbocycles. The van der Waals surface area contributed by atoms with Crippen molar-refractivity contribution in [1.29, 1.82) is 0 Å². The largest absolute Gasteiger partial charge is 0.385 e. The first-order valence-electron chi connectivity index (χ1n) is 7.90. The van der Waals surface area contributed by atoms with E-state index in [2.05, 4.69) is 28.2 Å². The minimum Gasteiger partial charge on any atom is -0.385 e. The van der Waals surface area contributed by atoms with Crippen LogP contribution < -0.4 is 11.1 Å². The minimum atomic E-state index is -0.262. The molecular weight excluding hydrogens is 264 g/mol. The zero-order chi connectivity index (χ0) is 15.1. The lowest BCUT2D eigenvalue weighted by Gasteiger charge is -2.27. The molecule has 0 spiro atoms. The van der Waals surface area contributed by atoms with Gasteiger partial charge < -0.3 is 11.1 Å². The van der Waals surface area contributed by atoms with Crippen LogP contribution in [0, 0.1) is 0 Å². The first-order chi connectivity index (χ1) is 10.2. The molecule has 0 aromatic carbocycles. The number of carbonyl (C=O) groups excluding carboxylic acids is 1. The standard InChI is InChI=1S/C16H26N4O/c1-2-8-18-13-7-9-19-14(10-13)11-20(12-16(17)21)15-5-3-4-6-15/h7,9-10,15H,2-6,8,11-12H2,1H3,(H2,17,21)(H,18,19). The van der Waals surface area contributed by atoms with Gasteiger partial charge >= 0.3 is 0 Å². The van der Waals surface area contributed by atoms with E-state index in [-0.39, 0.29) is 5.91 Å². The van der Waals surface area contributed by atoms with Crippen LogP contribution in [0.4, 0.5) is 5.69 Å². The van der Waals surface area contributed by atoms with Gasteiger partial charge in [0.15, 0.2) is 0 Å². The number of nitrogens with two attached hydrogens (primary N) is 1. The van der Waals surface area contributed by atoms with E-state index in [1.807, 2.05) is 12.3 Å². The fraction of sp³-hybridized carbons (Fsp3) is 0.625. The second-order valence-corrected chi connectivity index (χ2v) is 5.77. The normalized spacial score (nSPS) is 15.5. The molecule has 0 radical (unpaired) electrons. The highest BCUT2D eigenvalue weighted by molar-refractivity contribution is 5.76. The SMILES string of the molecule is CCCNc1ccnc(CN(CC(N)=O)C2CCCC2)c1. The zero-order valence-corrected chi connectivity index (χ0v) is 12.8. The van der Waals surface area contributed by atoms with E-state index in [1.54, 1.807) is 0 Å². The third-order valence-electron chi connectivity index (χ3n) is 3.96. The third kappa shape index (κ3) is 5.01. The quantitative estimate of drug-likeness (QED) is 0.769. The number of nitrogens with one attached hydrogen (secondary N) is 1. The van der Waals surface area contributed by atoms with Crippen LogP contribution in [-0.2, 0) is 11.3 Å². The molecule has 1 aromatic rings.